The van der Waals surface area contributed by atoms with Gasteiger partial charge in [0.05, 0.1) is 29.2 Å². The molecule has 2 aromatic carbocycles. The Kier molecular flexibility index (Phi) is 10.1. The lowest BCUT2D eigenvalue weighted by molar-refractivity contribution is -0.141. The highest BCUT2D eigenvalue weighted by molar-refractivity contribution is 7.91. The van der Waals surface area contributed by atoms with E-state index in [1.165, 1.54) is 17.3 Å². The van der Waals surface area contributed by atoms with E-state index < -0.39 is 87.3 Å². The minimum atomic E-state index is -4.09. The molecule has 2 aliphatic heterocycles. The third-order valence-electron chi connectivity index (χ3n) is 11.5. The molecule has 4 amide bonds. The standard InChI is InChI=1S/C40H43F2N7O7S/c1-23-20-44-32(21-43-23)34(50)45-31-13-3-2-8-16-39(41,42)18-24-19-40(24,38(53)48-57(54,55)26-14-15-26)47-35(51)33-17-25(22-49(33)37(31)52)56-36-29-11-5-4-9-27(29)28-10-6-7-12-30(28)46-36/h4-7,9-12,20-21,24-26,31,33H,2-3,8,13-19,22H2,1H3,(H,45,50)(H,47,51)(H,48,53)/t24-,25-,31+,33+,40-/m1/s1. The van der Waals surface area contributed by atoms with Crippen molar-refractivity contribution in [3.63, 3.8) is 0 Å². The van der Waals surface area contributed by atoms with E-state index in [1.807, 2.05) is 48.5 Å². The Balaban J connectivity index is 1.14. The number of nitrogens with zero attached hydrogens (tertiary/aromatic N) is 4. The zero-order valence-electron chi connectivity index (χ0n) is 31.2. The van der Waals surface area contributed by atoms with Crippen molar-refractivity contribution >= 4 is 55.3 Å². The lowest BCUT2D eigenvalue weighted by Crippen LogP contribution is -2.58. The zero-order chi connectivity index (χ0) is 40.1. The van der Waals surface area contributed by atoms with E-state index in [9.17, 15) is 27.6 Å². The summed E-state index contributed by atoms with van der Waals surface area (Å²) >= 11 is 0. The maximum atomic E-state index is 15.4. The fourth-order valence-electron chi connectivity index (χ4n) is 8.12. The van der Waals surface area contributed by atoms with Gasteiger partial charge in [0.25, 0.3) is 11.8 Å². The van der Waals surface area contributed by atoms with Crippen LogP contribution in [0.25, 0.3) is 21.7 Å². The van der Waals surface area contributed by atoms with Crippen LogP contribution in [-0.4, -0.2) is 93.3 Å². The summed E-state index contributed by atoms with van der Waals surface area (Å²) < 4.78 is 65.2. The number of pyridine rings is 1. The van der Waals surface area contributed by atoms with E-state index >= 15 is 8.78 Å². The number of benzene rings is 2. The fourth-order valence-corrected chi connectivity index (χ4v) is 9.48. The Morgan fingerprint density at radius 3 is 2.40 bits per heavy atom. The molecule has 14 nitrogen and oxygen atoms in total. The Morgan fingerprint density at radius 1 is 0.930 bits per heavy atom. The van der Waals surface area contributed by atoms with Gasteiger partial charge in [-0.25, -0.2) is 27.2 Å². The average molecular weight is 804 g/mol. The smallest absolute Gasteiger partial charge is 0.272 e. The highest BCUT2D eigenvalue weighted by Crippen LogP contribution is 2.51. The van der Waals surface area contributed by atoms with Gasteiger partial charge in [0.2, 0.25) is 33.6 Å². The number of alkyl halides is 2. The van der Waals surface area contributed by atoms with E-state index in [0.717, 1.165) is 10.8 Å². The molecule has 0 radical (unpaired) electrons. The summed E-state index contributed by atoms with van der Waals surface area (Å²) in [4.78, 5) is 70.6. The number of carbonyl (C=O) groups is 4. The van der Waals surface area contributed by atoms with Gasteiger partial charge in [-0.2, -0.15) is 0 Å². The lowest BCUT2D eigenvalue weighted by Gasteiger charge is -2.30. The minimum absolute atomic E-state index is 0.0380. The average Bonchev–Trinajstić information content (AvgIpc) is 4.11. The number of hydrogen-bond acceptors (Lipinski definition) is 10. The van der Waals surface area contributed by atoms with Crippen LogP contribution in [0.4, 0.5) is 8.78 Å². The quantitative estimate of drug-likeness (QED) is 0.230. The van der Waals surface area contributed by atoms with Gasteiger partial charge in [-0.3, -0.25) is 28.9 Å². The number of hydrogen-bond donors (Lipinski definition) is 3. The highest BCUT2D eigenvalue weighted by atomic mass is 32.2. The van der Waals surface area contributed by atoms with Crippen molar-refractivity contribution in [2.24, 2.45) is 5.92 Å². The van der Waals surface area contributed by atoms with Gasteiger partial charge in [0.15, 0.2) is 0 Å². The second kappa shape index (κ2) is 14.9. The molecule has 4 aromatic rings. The van der Waals surface area contributed by atoms with Crippen LogP contribution in [0, 0.1) is 12.8 Å². The van der Waals surface area contributed by atoms with Crippen LogP contribution in [0.1, 0.15) is 80.4 Å². The van der Waals surface area contributed by atoms with Crippen molar-refractivity contribution in [3.05, 3.63) is 72.3 Å². The van der Waals surface area contributed by atoms with Crippen LogP contribution in [0.5, 0.6) is 5.88 Å². The number of aromatic nitrogens is 3. The number of halogens is 2. The van der Waals surface area contributed by atoms with E-state index in [2.05, 4.69) is 25.3 Å². The van der Waals surface area contributed by atoms with Gasteiger partial charge in [-0.15, -0.1) is 0 Å². The van der Waals surface area contributed by atoms with Crippen molar-refractivity contribution in [2.45, 2.75) is 106 Å². The molecule has 0 unspecified atom stereocenters. The van der Waals surface area contributed by atoms with Crippen LogP contribution in [0.3, 0.4) is 0 Å². The molecule has 17 heteroatoms. The first kappa shape index (κ1) is 38.5. The molecule has 2 aromatic heterocycles. The molecular weight excluding hydrogens is 761 g/mol. The normalized spacial score (nSPS) is 26.7. The number of carbonyl (C=O) groups excluding carboxylic acids is 4. The lowest BCUT2D eigenvalue weighted by atomic mass is 10.00. The fraction of sp³-hybridized carbons (Fsp3) is 0.475. The van der Waals surface area contributed by atoms with Gasteiger partial charge >= 0.3 is 0 Å². The largest absolute Gasteiger partial charge is 0.472 e. The Labute approximate surface area is 327 Å². The Bertz CT molecular complexity index is 2360. The van der Waals surface area contributed by atoms with E-state index in [4.69, 9.17) is 9.72 Å². The molecule has 3 N–H and O–H groups in total. The second-order valence-electron chi connectivity index (χ2n) is 15.7. The predicted molar refractivity (Wildman–Crippen MR) is 204 cm³/mol. The topological polar surface area (TPSA) is 190 Å². The molecule has 4 fully saturated rings. The molecule has 2 aliphatic carbocycles. The summed E-state index contributed by atoms with van der Waals surface area (Å²) in [6, 6.07) is 12.6. The van der Waals surface area contributed by atoms with Gasteiger partial charge in [0.1, 0.15) is 29.4 Å². The molecule has 4 aliphatic rings. The van der Waals surface area contributed by atoms with Crippen molar-refractivity contribution in [3.8, 4) is 5.88 Å². The van der Waals surface area contributed by atoms with E-state index in [0.29, 0.717) is 42.3 Å². The second-order valence-corrected chi connectivity index (χ2v) is 17.7. The number of nitrogens with one attached hydrogen (secondary N) is 3. The highest BCUT2D eigenvalue weighted by Gasteiger charge is 2.65. The maximum Gasteiger partial charge on any atom is 0.272 e. The van der Waals surface area contributed by atoms with Gasteiger partial charge in [-0.05, 0) is 62.5 Å². The summed E-state index contributed by atoms with van der Waals surface area (Å²) in [6.45, 7) is 1.59. The number of sulfonamides is 1. The van der Waals surface area contributed by atoms with E-state index in [-0.39, 0.29) is 43.8 Å². The maximum absolute atomic E-state index is 15.4. The third kappa shape index (κ3) is 7.98. The van der Waals surface area contributed by atoms with Crippen LogP contribution in [0.15, 0.2) is 60.9 Å². The molecule has 5 atom stereocenters. The summed E-state index contributed by atoms with van der Waals surface area (Å²) in [6.07, 6.45) is 1.86. The summed E-state index contributed by atoms with van der Waals surface area (Å²) in [7, 11) is -4.09. The molecule has 0 spiro atoms. The summed E-state index contributed by atoms with van der Waals surface area (Å²) in [5.41, 5.74) is -0.734. The van der Waals surface area contributed by atoms with Crippen LogP contribution < -0.4 is 20.1 Å². The van der Waals surface area contributed by atoms with Gasteiger partial charge < -0.3 is 20.3 Å². The number of para-hydroxylation sites is 1. The predicted octanol–water partition coefficient (Wildman–Crippen LogP) is 4.11. The van der Waals surface area contributed by atoms with Crippen LogP contribution >= 0.6 is 0 Å². The molecule has 300 valence electrons. The van der Waals surface area contributed by atoms with Crippen molar-refractivity contribution in [1.29, 1.82) is 0 Å². The first-order valence-corrected chi connectivity index (χ1v) is 20.9. The monoisotopic (exact) mass is 803 g/mol. The molecule has 0 bridgehead atoms. The number of fused-ring (bicyclic) bond motifs is 5. The minimum Gasteiger partial charge on any atom is -0.472 e. The number of aryl methyl sites for hydroxylation is 1. The van der Waals surface area contributed by atoms with Crippen LogP contribution in [-0.2, 0) is 24.4 Å². The first-order valence-electron chi connectivity index (χ1n) is 19.3. The molecule has 2 saturated carbocycles. The van der Waals surface area contributed by atoms with Crippen molar-refractivity contribution in [2.75, 3.05) is 6.54 Å². The summed E-state index contributed by atoms with van der Waals surface area (Å²) in [5.74, 6) is -7.20. The van der Waals surface area contributed by atoms with Crippen molar-refractivity contribution in [1.82, 2.24) is 35.2 Å². The number of rotatable bonds is 7. The number of amides is 4. The van der Waals surface area contributed by atoms with Crippen LogP contribution in [0.2, 0.25) is 0 Å². The van der Waals surface area contributed by atoms with Crippen molar-refractivity contribution < 1.29 is 41.1 Å². The van der Waals surface area contributed by atoms with Gasteiger partial charge in [-0.1, -0.05) is 49.2 Å². The number of ether oxygens (including phenoxy) is 1. The molecule has 2 saturated heterocycles. The Morgan fingerprint density at radius 2 is 1.67 bits per heavy atom. The third-order valence-corrected chi connectivity index (χ3v) is 13.3. The molecule has 8 rings (SSSR count). The summed E-state index contributed by atoms with van der Waals surface area (Å²) in [5, 5.41) is 7.11. The SMILES string of the molecule is Cc1cnc(C(=O)N[C@H]2CCCCCC(F)(F)C[C@@H]3C[C@@]3(C(=O)NS(=O)(=O)C3CC3)NC(=O)[C@@H]3C[C@@H](Oc4nc5ccccc5c5ccccc45)CN3C2=O)cn1. The van der Waals surface area contributed by atoms with E-state index in [1.54, 1.807) is 6.92 Å². The molecular formula is C40H43F2N7O7S. The zero-order valence-corrected chi connectivity index (χ0v) is 32.1. The van der Waals surface area contributed by atoms with Gasteiger partial charge in [0, 0.05) is 36.2 Å². The molecule has 57 heavy (non-hydrogen) atoms. The first-order chi connectivity index (χ1) is 27.2. The Hall–Kier alpha value is -5.32. The molecule has 4 heterocycles.